The van der Waals surface area contributed by atoms with Gasteiger partial charge in [0.1, 0.15) is 5.78 Å². The molecule has 0 amide bonds. The summed E-state index contributed by atoms with van der Waals surface area (Å²) < 4.78 is 0. The van der Waals surface area contributed by atoms with Crippen molar-refractivity contribution in [2.24, 2.45) is 0 Å². The zero-order chi connectivity index (χ0) is 10.4. The van der Waals surface area contributed by atoms with E-state index >= 15 is 0 Å². The standard InChI is InChI=1S/C12H17NO/c1-3-12-8-7-11(9-13-12)6-4-5-10(2)14/h7-9H,3-6H2,1-2H3. The summed E-state index contributed by atoms with van der Waals surface area (Å²) in [6, 6.07) is 4.16. The van der Waals surface area contributed by atoms with Crippen molar-refractivity contribution < 1.29 is 4.79 Å². The predicted octanol–water partition coefficient (Wildman–Crippen LogP) is 2.56. The third kappa shape index (κ3) is 3.69. The Morgan fingerprint density at radius 3 is 2.71 bits per heavy atom. The zero-order valence-electron chi connectivity index (χ0n) is 8.92. The number of Topliss-reactive ketones (excluding diaryl/α,β-unsaturated/α-hetero) is 1. The number of ketones is 1. The Hall–Kier alpha value is -1.18. The summed E-state index contributed by atoms with van der Waals surface area (Å²) in [4.78, 5) is 15.0. The van der Waals surface area contributed by atoms with Gasteiger partial charge in [0.25, 0.3) is 0 Å². The summed E-state index contributed by atoms with van der Waals surface area (Å²) >= 11 is 0. The first-order valence-corrected chi connectivity index (χ1v) is 5.15. The molecule has 2 heteroatoms. The van der Waals surface area contributed by atoms with Crippen LogP contribution in [0.25, 0.3) is 0 Å². The average Bonchev–Trinajstić information content (AvgIpc) is 2.18. The molecular weight excluding hydrogens is 174 g/mol. The first kappa shape index (κ1) is 10.9. The SMILES string of the molecule is CCc1ccc(CCCC(C)=O)cn1. The average molecular weight is 191 g/mol. The van der Waals surface area contributed by atoms with Crippen molar-refractivity contribution in [2.45, 2.75) is 39.5 Å². The van der Waals surface area contributed by atoms with Gasteiger partial charge in [0.2, 0.25) is 0 Å². The van der Waals surface area contributed by atoms with Crippen LogP contribution in [0.5, 0.6) is 0 Å². The molecule has 1 heterocycles. The van der Waals surface area contributed by atoms with E-state index in [9.17, 15) is 4.79 Å². The molecule has 14 heavy (non-hydrogen) atoms. The Morgan fingerprint density at radius 2 is 2.21 bits per heavy atom. The van der Waals surface area contributed by atoms with E-state index in [-0.39, 0.29) is 5.78 Å². The summed E-state index contributed by atoms with van der Waals surface area (Å²) in [6.45, 7) is 3.73. The van der Waals surface area contributed by atoms with Crippen molar-refractivity contribution >= 4 is 5.78 Å². The van der Waals surface area contributed by atoms with Gasteiger partial charge in [-0.25, -0.2) is 0 Å². The number of carbonyl (C=O) groups excluding carboxylic acids is 1. The fourth-order valence-corrected chi connectivity index (χ4v) is 1.35. The molecule has 0 radical (unpaired) electrons. The molecule has 1 aromatic rings. The lowest BCUT2D eigenvalue weighted by molar-refractivity contribution is -0.117. The molecule has 76 valence electrons. The van der Waals surface area contributed by atoms with Crippen LogP contribution in [0.15, 0.2) is 18.3 Å². The van der Waals surface area contributed by atoms with Gasteiger partial charge in [-0.2, -0.15) is 0 Å². The lowest BCUT2D eigenvalue weighted by Crippen LogP contribution is -1.94. The van der Waals surface area contributed by atoms with E-state index in [1.54, 1.807) is 6.92 Å². The fourth-order valence-electron chi connectivity index (χ4n) is 1.35. The molecule has 0 spiro atoms. The number of hydrogen-bond donors (Lipinski definition) is 0. The van der Waals surface area contributed by atoms with Crippen LogP contribution in [0, 0.1) is 0 Å². The number of rotatable bonds is 5. The van der Waals surface area contributed by atoms with Gasteiger partial charge in [-0.1, -0.05) is 13.0 Å². The largest absolute Gasteiger partial charge is 0.300 e. The van der Waals surface area contributed by atoms with Crippen LogP contribution >= 0.6 is 0 Å². The van der Waals surface area contributed by atoms with Gasteiger partial charge in [0, 0.05) is 18.3 Å². The number of carbonyl (C=O) groups is 1. The molecule has 2 nitrogen and oxygen atoms in total. The highest BCUT2D eigenvalue weighted by Crippen LogP contribution is 2.05. The Balaban J connectivity index is 2.40. The van der Waals surface area contributed by atoms with Crippen LogP contribution in [-0.4, -0.2) is 10.8 Å². The highest BCUT2D eigenvalue weighted by Gasteiger charge is 1.97. The van der Waals surface area contributed by atoms with Gasteiger partial charge in [-0.05, 0) is 37.8 Å². The third-order valence-electron chi connectivity index (χ3n) is 2.24. The highest BCUT2D eigenvalue weighted by molar-refractivity contribution is 5.75. The smallest absolute Gasteiger partial charge is 0.129 e. The summed E-state index contributed by atoms with van der Waals surface area (Å²) in [5.41, 5.74) is 2.35. The number of pyridine rings is 1. The molecule has 0 bridgehead atoms. The van der Waals surface area contributed by atoms with E-state index < -0.39 is 0 Å². The first-order valence-electron chi connectivity index (χ1n) is 5.15. The van der Waals surface area contributed by atoms with Gasteiger partial charge in [-0.3, -0.25) is 4.98 Å². The molecule has 1 aromatic heterocycles. The van der Waals surface area contributed by atoms with Gasteiger partial charge in [-0.15, -0.1) is 0 Å². The van der Waals surface area contributed by atoms with Gasteiger partial charge in [0.05, 0.1) is 0 Å². The molecule has 0 aliphatic rings. The van der Waals surface area contributed by atoms with E-state index in [1.165, 1.54) is 5.56 Å². The van der Waals surface area contributed by atoms with E-state index in [1.807, 2.05) is 6.20 Å². The van der Waals surface area contributed by atoms with Crippen molar-refractivity contribution in [3.05, 3.63) is 29.6 Å². The van der Waals surface area contributed by atoms with Gasteiger partial charge in [0.15, 0.2) is 0 Å². The van der Waals surface area contributed by atoms with E-state index in [0.29, 0.717) is 6.42 Å². The maximum Gasteiger partial charge on any atom is 0.129 e. The first-order chi connectivity index (χ1) is 6.72. The molecule has 0 saturated carbocycles. The number of nitrogens with zero attached hydrogens (tertiary/aromatic N) is 1. The van der Waals surface area contributed by atoms with E-state index in [2.05, 4.69) is 24.0 Å². The molecule has 0 fully saturated rings. The molecular formula is C12H17NO. The minimum Gasteiger partial charge on any atom is -0.300 e. The maximum absolute atomic E-state index is 10.7. The molecule has 1 rings (SSSR count). The number of hydrogen-bond acceptors (Lipinski definition) is 2. The monoisotopic (exact) mass is 191 g/mol. The van der Waals surface area contributed by atoms with Crippen LogP contribution in [0.4, 0.5) is 0 Å². The molecule has 0 unspecified atom stereocenters. The summed E-state index contributed by atoms with van der Waals surface area (Å²) in [5.74, 6) is 0.267. The second-order valence-electron chi connectivity index (χ2n) is 3.57. The summed E-state index contributed by atoms with van der Waals surface area (Å²) in [7, 11) is 0. The molecule has 0 N–H and O–H groups in total. The zero-order valence-corrected chi connectivity index (χ0v) is 8.92. The van der Waals surface area contributed by atoms with E-state index in [4.69, 9.17) is 0 Å². The summed E-state index contributed by atoms with van der Waals surface area (Å²) in [5, 5.41) is 0. The van der Waals surface area contributed by atoms with Gasteiger partial charge >= 0.3 is 0 Å². The third-order valence-corrected chi connectivity index (χ3v) is 2.24. The quantitative estimate of drug-likeness (QED) is 0.716. The van der Waals surface area contributed by atoms with Crippen LogP contribution < -0.4 is 0 Å². The molecule has 0 aliphatic heterocycles. The summed E-state index contributed by atoms with van der Waals surface area (Å²) in [6.07, 6.45) is 5.46. The highest BCUT2D eigenvalue weighted by atomic mass is 16.1. The van der Waals surface area contributed by atoms with Crippen molar-refractivity contribution in [3.8, 4) is 0 Å². The Bertz CT molecular complexity index is 290. The molecule has 0 aromatic carbocycles. The maximum atomic E-state index is 10.7. The molecule has 0 aliphatic carbocycles. The Kier molecular flexibility index (Phi) is 4.30. The normalized spacial score (nSPS) is 10.1. The number of aryl methyl sites for hydroxylation is 2. The van der Waals surface area contributed by atoms with Crippen molar-refractivity contribution in [2.75, 3.05) is 0 Å². The minimum absolute atomic E-state index is 0.267. The Labute approximate surface area is 85.4 Å². The fraction of sp³-hybridized carbons (Fsp3) is 0.500. The molecule has 0 atom stereocenters. The predicted molar refractivity (Wildman–Crippen MR) is 57.2 cm³/mol. The second kappa shape index (κ2) is 5.53. The van der Waals surface area contributed by atoms with Crippen LogP contribution in [-0.2, 0) is 17.6 Å². The van der Waals surface area contributed by atoms with Crippen molar-refractivity contribution in [1.82, 2.24) is 4.98 Å². The van der Waals surface area contributed by atoms with Crippen molar-refractivity contribution in [3.63, 3.8) is 0 Å². The van der Waals surface area contributed by atoms with Gasteiger partial charge < -0.3 is 4.79 Å². The number of aromatic nitrogens is 1. The lowest BCUT2D eigenvalue weighted by atomic mass is 10.1. The topological polar surface area (TPSA) is 30.0 Å². The van der Waals surface area contributed by atoms with Crippen LogP contribution in [0.2, 0.25) is 0 Å². The van der Waals surface area contributed by atoms with Crippen LogP contribution in [0.3, 0.4) is 0 Å². The van der Waals surface area contributed by atoms with Crippen LogP contribution in [0.1, 0.15) is 37.9 Å². The second-order valence-corrected chi connectivity index (χ2v) is 3.57. The lowest BCUT2D eigenvalue weighted by Gasteiger charge is -2.00. The minimum atomic E-state index is 0.267. The molecule has 0 saturated heterocycles. The van der Waals surface area contributed by atoms with Crippen molar-refractivity contribution in [1.29, 1.82) is 0 Å². The van der Waals surface area contributed by atoms with E-state index in [0.717, 1.165) is 25.0 Å². The Morgan fingerprint density at radius 1 is 1.43 bits per heavy atom.